The highest BCUT2D eigenvalue weighted by Gasteiger charge is 2.14. The van der Waals surface area contributed by atoms with Gasteiger partial charge in [0.1, 0.15) is 6.10 Å². The molecule has 18 heavy (non-hydrogen) atoms. The molecule has 3 heteroatoms. The fourth-order valence-electron chi connectivity index (χ4n) is 1.52. The van der Waals surface area contributed by atoms with Crippen molar-refractivity contribution in [1.82, 2.24) is 0 Å². The predicted octanol–water partition coefficient (Wildman–Crippen LogP) is 2.95. The molecule has 100 valence electrons. The Morgan fingerprint density at radius 2 is 1.78 bits per heavy atom. The number of rotatable bonds is 8. The normalized spacial score (nSPS) is 12.7. The van der Waals surface area contributed by atoms with Crippen molar-refractivity contribution in [3.63, 3.8) is 0 Å². The molecule has 0 aliphatic heterocycles. The quantitative estimate of drug-likeness (QED) is 0.525. The Morgan fingerprint density at radius 3 is 2.39 bits per heavy atom. The highest BCUT2D eigenvalue weighted by atomic mass is 16.5. The molecule has 0 bridgehead atoms. The van der Waals surface area contributed by atoms with Gasteiger partial charge in [0.25, 0.3) is 0 Å². The zero-order chi connectivity index (χ0) is 13.4. The van der Waals surface area contributed by atoms with Crippen molar-refractivity contribution >= 4 is 5.78 Å². The van der Waals surface area contributed by atoms with E-state index in [0.717, 1.165) is 6.61 Å². The van der Waals surface area contributed by atoms with E-state index in [0.29, 0.717) is 24.7 Å². The second kappa shape index (κ2) is 8.01. The Hall–Kier alpha value is -1.19. The third-order valence-electron chi connectivity index (χ3n) is 2.47. The maximum absolute atomic E-state index is 12.0. The number of hydrogen-bond acceptors (Lipinski definition) is 3. The van der Waals surface area contributed by atoms with Gasteiger partial charge in [0.15, 0.2) is 5.78 Å². The van der Waals surface area contributed by atoms with Crippen molar-refractivity contribution < 1.29 is 14.3 Å². The first-order chi connectivity index (χ1) is 8.61. The highest BCUT2D eigenvalue weighted by molar-refractivity contribution is 5.99. The van der Waals surface area contributed by atoms with Crippen LogP contribution >= 0.6 is 0 Å². The van der Waals surface area contributed by atoms with Crippen molar-refractivity contribution in [2.45, 2.75) is 26.9 Å². The molecule has 0 fully saturated rings. The molecule has 3 nitrogen and oxygen atoms in total. The molecule has 0 heterocycles. The van der Waals surface area contributed by atoms with Gasteiger partial charge in [-0.1, -0.05) is 44.2 Å². The van der Waals surface area contributed by atoms with Crippen LogP contribution < -0.4 is 0 Å². The van der Waals surface area contributed by atoms with Crippen LogP contribution in [0.5, 0.6) is 0 Å². The average molecular weight is 250 g/mol. The van der Waals surface area contributed by atoms with Crippen molar-refractivity contribution in [3.8, 4) is 0 Å². The van der Waals surface area contributed by atoms with Gasteiger partial charge in [-0.05, 0) is 12.8 Å². The molecular weight excluding hydrogens is 228 g/mol. The van der Waals surface area contributed by atoms with E-state index in [1.165, 1.54) is 0 Å². The summed E-state index contributed by atoms with van der Waals surface area (Å²) in [4.78, 5) is 12.0. The summed E-state index contributed by atoms with van der Waals surface area (Å²) in [7, 11) is 0. The van der Waals surface area contributed by atoms with Gasteiger partial charge in [-0.3, -0.25) is 4.79 Å². The molecule has 0 aliphatic rings. The first-order valence-electron chi connectivity index (χ1n) is 6.40. The summed E-state index contributed by atoms with van der Waals surface area (Å²) in [6.07, 6.45) is -0.421. The topological polar surface area (TPSA) is 35.5 Å². The van der Waals surface area contributed by atoms with Gasteiger partial charge in [0.2, 0.25) is 0 Å². The Kier molecular flexibility index (Phi) is 6.61. The van der Waals surface area contributed by atoms with Crippen LogP contribution in [0.4, 0.5) is 0 Å². The average Bonchev–Trinajstić information content (AvgIpc) is 2.38. The molecule has 1 aromatic carbocycles. The van der Waals surface area contributed by atoms with Gasteiger partial charge < -0.3 is 9.47 Å². The first-order valence-corrected chi connectivity index (χ1v) is 6.40. The minimum Gasteiger partial charge on any atom is -0.379 e. The van der Waals surface area contributed by atoms with E-state index in [1.54, 1.807) is 19.1 Å². The number of carbonyl (C=O) groups is 1. The summed E-state index contributed by atoms with van der Waals surface area (Å²) in [5.74, 6) is 0.535. The second-order valence-corrected chi connectivity index (χ2v) is 4.71. The van der Waals surface area contributed by atoms with Crippen molar-refractivity contribution in [2.24, 2.45) is 5.92 Å². The van der Waals surface area contributed by atoms with Crippen LogP contribution in [0.1, 0.15) is 31.1 Å². The van der Waals surface area contributed by atoms with E-state index >= 15 is 0 Å². The van der Waals surface area contributed by atoms with Gasteiger partial charge in [0.05, 0.1) is 13.2 Å². The molecule has 1 rings (SSSR count). The van der Waals surface area contributed by atoms with E-state index in [2.05, 4.69) is 13.8 Å². The van der Waals surface area contributed by atoms with Crippen molar-refractivity contribution in [1.29, 1.82) is 0 Å². The summed E-state index contributed by atoms with van der Waals surface area (Å²) in [5, 5.41) is 0. The van der Waals surface area contributed by atoms with Gasteiger partial charge in [-0.25, -0.2) is 0 Å². The van der Waals surface area contributed by atoms with Gasteiger partial charge in [0, 0.05) is 12.2 Å². The maximum atomic E-state index is 12.0. The zero-order valence-electron chi connectivity index (χ0n) is 11.4. The summed E-state index contributed by atoms with van der Waals surface area (Å²) >= 11 is 0. The van der Waals surface area contributed by atoms with Crippen LogP contribution in [0, 0.1) is 5.92 Å². The van der Waals surface area contributed by atoms with Crippen LogP contribution in [-0.4, -0.2) is 31.7 Å². The van der Waals surface area contributed by atoms with Crippen LogP contribution in [0.2, 0.25) is 0 Å². The van der Waals surface area contributed by atoms with E-state index in [-0.39, 0.29) is 5.78 Å². The molecule has 0 aliphatic carbocycles. The number of Topliss-reactive ketones (excluding diaryl/α,β-unsaturated/α-hetero) is 1. The molecule has 0 amide bonds. The second-order valence-electron chi connectivity index (χ2n) is 4.71. The van der Waals surface area contributed by atoms with Crippen molar-refractivity contribution in [2.75, 3.05) is 19.8 Å². The Labute approximate surface area is 109 Å². The van der Waals surface area contributed by atoms with Crippen LogP contribution in [-0.2, 0) is 9.47 Å². The van der Waals surface area contributed by atoms with E-state index in [9.17, 15) is 4.79 Å². The number of hydrogen-bond donors (Lipinski definition) is 0. The molecule has 1 unspecified atom stereocenters. The van der Waals surface area contributed by atoms with E-state index in [4.69, 9.17) is 9.47 Å². The van der Waals surface area contributed by atoms with Crippen LogP contribution in [0.15, 0.2) is 30.3 Å². The maximum Gasteiger partial charge on any atom is 0.191 e. The molecule has 0 saturated carbocycles. The van der Waals surface area contributed by atoms with E-state index in [1.807, 2.05) is 18.2 Å². The standard InChI is InChI=1S/C15H22O3/c1-12(2)11-17-9-10-18-13(3)15(16)14-7-5-4-6-8-14/h4-8,12-13H,9-11H2,1-3H3. The summed E-state index contributed by atoms with van der Waals surface area (Å²) in [5.41, 5.74) is 0.688. The summed E-state index contributed by atoms with van der Waals surface area (Å²) in [6.45, 7) is 7.68. The highest BCUT2D eigenvalue weighted by Crippen LogP contribution is 2.06. The largest absolute Gasteiger partial charge is 0.379 e. The lowest BCUT2D eigenvalue weighted by atomic mass is 10.1. The number of benzene rings is 1. The smallest absolute Gasteiger partial charge is 0.191 e. The molecule has 1 atom stereocenters. The fraction of sp³-hybridized carbons (Fsp3) is 0.533. The Balaban J connectivity index is 2.24. The lowest BCUT2D eigenvalue weighted by molar-refractivity contribution is 0.00970. The van der Waals surface area contributed by atoms with Crippen LogP contribution in [0.25, 0.3) is 0 Å². The number of carbonyl (C=O) groups excluding carboxylic acids is 1. The monoisotopic (exact) mass is 250 g/mol. The Morgan fingerprint density at radius 1 is 1.11 bits per heavy atom. The Bertz CT molecular complexity index is 346. The van der Waals surface area contributed by atoms with Gasteiger partial charge in [-0.2, -0.15) is 0 Å². The predicted molar refractivity (Wildman–Crippen MR) is 71.8 cm³/mol. The lowest BCUT2D eigenvalue weighted by Crippen LogP contribution is -2.23. The first kappa shape index (κ1) is 14.9. The lowest BCUT2D eigenvalue weighted by Gasteiger charge is -2.12. The molecule has 1 aromatic rings. The summed E-state index contributed by atoms with van der Waals surface area (Å²) in [6, 6.07) is 9.20. The molecule has 0 spiro atoms. The van der Waals surface area contributed by atoms with Crippen LogP contribution in [0.3, 0.4) is 0 Å². The molecule has 0 N–H and O–H groups in total. The SMILES string of the molecule is CC(C)COCCOC(C)C(=O)c1ccccc1. The minimum atomic E-state index is -0.421. The molecule has 0 saturated heterocycles. The zero-order valence-corrected chi connectivity index (χ0v) is 11.4. The van der Waals surface area contributed by atoms with Crippen molar-refractivity contribution in [3.05, 3.63) is 35.9 Å². The number of ether oxygens (including phenoxy) is 2. The number of ketones is 1. The molecule has 0 radical (unpaired) electrons. The minimum absolute atomic E-state index is 0.0134. The third-order valence-corrected chi connectivity index (χ3v) is 2.47. The third kappa shape index (κ3) is 5.43. The van der Waals surface area contributed by atoms with Gasteiger partial charge in [-0.15, -0.1) is 0 Å². The summed E-state index contributed by atoms with van der Waals surface area (Å²) < 4.78 is 10.9. The van der Waals surface area contributed by atoms with E-state index < -0.39 is 6.10 Å². The van der Waals surface area contributed by atoms with Gasteiger partial charge >= 0.3 is 0 Å². The fourth-order valence-corrected chi connectivity index (χ4v) is 1.52. The molecular formula is C15H22O3. The molecule has 0 aromatic heterocycles.